The van der Waals surface area contributed by atoms with E-state index in [4.69, 9.17) is 4.74 Å². The number of fused-ring (bicyclic) bond motifs is 1. The van der Waals surface area contributed by atoms with E-state index in [1.165, 1.54) is 4.90 Å². The van der Waals surface area contributed by atoms with Crippen molar-refractivity contribution in [2.45, 2.75) is 89.4 Å². The topological polar surface area (TPSA) is 142 Å². The number of benzene rings is 1. The van der Waals surface area contributed by atoms with Crippen molar-refractivity contribution >= 4 is 29.7 Å². The number of carbonyl (C=O) groups is 5. The second-order valence-corrected chi connectivity index (χ2v) is 11.7. The lowest BCUT2D eigenvalue weighted by molar-refractivity contribution is -0.151. The first kappa shape index (κ1) is 27.6. The Bertz CT molecular complexity index is 1080. The Hall–Kier alpha value is -3.43. The minimum atomic E-state index is -1.59. The molecule has 10 nitrogen and oxygen atoms in total. The number of hydrogen-bond donors (Lipinski definition) is 3. The maximum atomic E-state index is 13.9. The van der Waals surface area contributed by atoms with Crippen molar-refractivity contribution in [2.24, 2.45) is 11.8 Å². The van der Waals surface area contributed by atoms with Gasteiger partial charge in [-0.1, -0.05) is 37.1 Å². The summed E-state index contributed by atoms with van der Waals surface area (Å²) >= 11 is 0. The molecule has 38 heavy (non-hydrogen) atoms. The first-order valence-corrected chi connectivity index (χ1v) is 13.4. The van der Waals surface area contributed by atoms with E-state index in [-0.39, 0.29) is 24.2 Å². The van der Waals surface area contributed by atoms with Crippen molar-refractivity contribution in [2.75, 3.05) is 6.54 Å². The van der Waals surface area contributed by atoms with E-state index in [2.05, 4.69) is 10.6 Å². The minimum absolute atomic E-state index is 0.215. The molecule has 0 radical (unpaired) electrons. The highest BCUT2D eigenvalue weighted by atomic mass is 16.6. The number of amides is 3. The largest absolute Gasteiger partial charge is 0.475 e. The van der Waals surface area contributed by atoms with Crippen LogP contribution in [0, 0.1) is 11.8 Å². The molecular weight excluding hydrogens is 490 g/mol. The van der Waals surface area contributed by atoms with Crippen molar-refractivity contribution in [1.29, 1.82) is 0 Å². The van der Waals surface area contributed by atoms with Gasteiger partial charge in [-0.05, 0) is 75.8 Å². The number of Topliss-reactive ketones (excluding diaryl/α,β-unsaturated/α-hetero) is 1. The number of carboxylic acids is 1. The second kappa shape index (κ2) is 11.1. The van der Waals surface area contributed by atoms with Crippen molar-refractivity contribution < 1.29 is 33.8 Å². The van der Waals surface area contributed by atoms with E-state index >= 15 is 0 Å². The van der Waals surface area contributed by atoms with Crippen molar-refractivity contribution in [3.63, 3.8) is 0 Å². The Morgan fingerprint density at radius 1 is 1.03 bits per heavy atom. The molecule has 1 heterocycles. The average Bonchev–Trinajstić information content (AvgIpc) is 3.35. The first-order chi connectivity index (χ1) is 17.9. The maximum absolute atomic E-state index is 13.9. The fraction of sp³-hybridized carbons (Fsp3) is 0.607. The molecule has 2 fully saturated rings. The number of nitrogens with zero attached hydrogens (tertiary/aromatic N) is 1. The molecule has 3 aliphatic rings. The quantitative estimate of drug-likeness (QED) is 0.418. The SMILES string of the molecule is CC(C)(C)OC(=O)N[C@H](C(=O)N1CCC[C@H]1C(=O)NC(CC1CC1)C(=O)C(=O)O)C1Cc2ccccc2C1. The van der Waals surface area contributed by atoms with Crippen molar-refractivity contribution in [3.05, 3.63) is 35.4 Å². The highest BCUT2D eigenvalue weighted by Crippen LogP contribution is 2.34. The van der Waals surface area contributed by atoms with E-state index in [1.54, 1.807) is 20.8 Å². The zero-order valence-corrected chi connectivity index (χ0v) is 22.2. The Morgan fingerprint density at radius 3 is 2.21 bits per heavy atom. The van der Waals surface area contributed by atoms with Crippen LogP contribution in [0.15, 0.2) is 24.3 Å². The van der Waals surface area contributed by atoms with Gasteiger partial charge in [0.05, 0.1) is 6.04 Å². The molecule has 4 rings (SSSR count). The summed E-state index contributed by atoms with van der Waals surface area (Å²) in [5.74, 6) is -3.55. The summed E-state index contributed by atoms with van der Waals surface area (Å²) in [6, 6.07) is 5.02. The van der Waals surface area contributed by atoms with Crippen LogP contribution in [0.4, 0.5) is 4.79 Å². The molecular formula is C28H37N3O7. The summed E-state index contributed by atoms with van der Waals surface area (Å²) in [7, 11) is 0. The third kappa shape index (κ3) is 6.71. The zero-order chi connectivity index (χ0) is 27.6. The third-order valence-electron chi connectivity index (χ3n) is 7.44. The minimum Gasteiger partial charge on any atom is -0.475 e. The number of hydrogen-bond acceptors (Lipinski definition) is 6. The van der Waals surface area contributed by atoms with Gasteiger partial charge in [-0.2, -0.15) is 0 Å². The summed E-state index contributed by atoms with van der Waals surface area (Å²) < 4.78 is 5.44. The number of ether oxygens (including phenoxy) is 1. The van der Waals surface area contributed by atoms with Crippen LogP contribution in [0.2, 0.25) is 0 Å². The van der Waals surface area contributed by atoms with Gasteiger partial charge < -0.3 is 25.4 Å². The van der Waals surface area contributed by atoms with Crippen LogP contribution < -0.4 is 10.6 Å². The van der Waals surface area contributed by atoms with Gasteiger partial charge in [0.15, 0.2) is 0 Å². The average molecular weight is 528 g/mol. The van der Waals surface area contributed by atoms with Crippen LogP contribution in [-0.4, -0.2) is 69.9 Å². The number of rotatable bonds is 9. The van der Waals surface area contributed by atoms with Gasteiger partial charge in [0.2, 0.25) is 11.8 Å². The number of aliphatic carboxylic acids is 1. The van der Waals surface area contributed by atoms with E-state index < -0.39 is 47.5 Å². The van der Waals surface area contributed by atoms with Crippen LogP contribution >= 0.6 is 0 Å². The Labute approximate surface area is 222 Å². The molecule has 3 amide bonds. The fourth-order valence-electron chi connectivity index (χ4n) is 5.46. The molecule has 1 saturated carbocycles. The maximum Gasteiger partial charge on any atom is 0.408 e. The summed E-state index contributed by atoms with van der Waals surface area (Å²) in [5, 5.41) is 14.6. The van der Waals surface area contributed by atoms with Crippen LogP contribution in [0.1, 0.15) is 64.0 Å². The molecule has 10 heteroatoms. The highest BCUT2D eigenvalue weighted by Gasteiger charge is 2.43. The number of likely N-dealkylation sites (tertiary alicyclic amines) is 1. The lowest BCUT2D eigenvalue weighted by Gasteiger charge is -2.32. The van der Waals surface area contributed by atoms with Gasteiger partial charge in [0, 0.05) is 6.54 Å². The van der Waals surface area contributed by atoms with E-state index in [0.29, 0.717) is 32.2 Å². The van der Waals surface area contributed by atoms with Gasteiger partial charge in [-0.15, -0.1) is 0 Å². The molecule has 1 unspecified atom stereocenters. The smallest absolute Gasteiger partial charge is 0.408 e. The lowest BCUT2D eigenvalue weighted by Crippen LogP contribution is -2.58. The number of ketones is 1. The van der Waals surface area contributed by atoms with Crippen LogP contribution in [0.5, 0.6) is 0 Å². The van der Waals surface area contributed by atoms with Gasteiger partial charge >= 0.3 is 12.1 Å². The van der Waals surface area contributed by atoms with Crippen molar-refractivity contribution in [1.82, 2.24) is 15.5 Å². The normalized spacial score (nSPS) is 20.8. The molecule has 0 bridgehead atoms. The molecule has 3 atom stereocenters. The van der Waals surface area contributed by atoms with E-state index in [9.17, 15) is 29.1 Å². The number of alkyl carbamates (subject to hydrolysis) is 1. The molecule has 0 aromatic heterocycles. The molecule has 2 aliphatic carbocycles. The number of nitrogens with one attached hydrogen (secondary N) is 2. The summed E-state index contributed by atoms with van der Waals surface area (Å²) in [6.07, 6.45) is 3.54. The number of carbonyl (C=O) groups excluding carboxylic acids is 4. The molecule has 1 aromatic rings. The molecule has 1 aromatic carbocycles. The van der Waals surface area contributed by atoms with Crippen LogP contribution in [0.3, 0.4) is 0 Å². The predicted octanol–water partition coefficient (Wildman–Crippen LogP) is 2.22. The second-order valence-electron chi connectivity index (χ2n) is 11.7. The predicted molar refractivity (Wildman–Crippen MR) is 137 cm³/mol. The van der Waals surface area contributed by atoms with Crippen LogP contribution in [-0.2, 0) is 36.8 Å². The Balaban J connectivity index is 1.51. The number of carboxylic acid groups (broad SMARTS) is 1. The van der Waals surface area contributed by atoms with Gasteiger partial charge in [0.1, 0.15) is 17.7 Å². The summed E-state index contributed by atoms with van der Waals surface area (Å²) in [6.45, 7) is 5.55. The Morgan fingerprint density at radius 2 is 1.66 bits per heavy atom. The van der Waals surface area contributed by atoms with E-state index in [1.807, 2.05) is 24.3 Å². The van der Waals surface area contributed by atoms with E-state index in [0.717, 1.165) is 24.0 Å². The van der Waals surface area contributed by atoms with Crippen LogP contribution in [0.25, 0.3) is 0 Å². The molecule has 0 spiro atoms. The molecule has 3 N–H and O–H groups in total. The zero-order valence-electron chi connectivity index (χ0n) is 22.2. The highest BCUT2D eigenvalue weighted by molar-refractivity contribution is 6.35. The summed E-state index contributed by atoms with van der Waals surface area (Å²) in [4.78, 5) is 65.0. The molecule has 1 aliphatic heterocycles. The molecule has 1 saturated heterocycles. The van der Waals surface area contributed by atoms with Crippen molar-refractivity contribution in [3.8, 4) is 0 Å². The van der Waals surface area contributed by atoms with Gasteiger partial charge in [-0.3, -0.25) is 14.4 Å². The first-order valence-electron chi connectivity index (χ1n) is 13.4. The van der Waals surface area contributed by atoms with Gasteiger partial charge in [-0.25, -0.2) is 9.59 Å². The molecule has 206 valence electrons. The third-order valence-corrected chi connectivity index (χ3v) is 7.44. The standard InChI is InChI=1S/C28H37N3O7/c1-28(2,3)38-27(37)30-22(19-14-17-7-4-5-8-18(17)15-19)25(34)31-12-6-9-21(31)24(33)29-20(13-16-10-11-16)23(32)26(35)36/h4-5,7-8,16,19-22H,6,9-15H2,1-3H3,(H,29,33)(H,30,37)(H,35,36)/t20?,21-,22-/m0/s1. The lowest BCUT2D eigenvalue weighted by atomic mass is 9.95. The van der Waals surface area contributed by atoms with Gasteiger partial charge in [0.25, 0.3) is 5.78 Å². The monoisotopic (exact) mass is 527 g/mol. The fourth-order valence-corrected chi connectivity index (χ4v) is 5.46. The summed E-state index contributed by atoms with van der Waals surface area (Å²) in [5.41, 5.74) is 1.49. The Kier molecular flexibility index (Phi) is 8.08.